The van der Waals surface area contributed by atoms with E-state index < -0.39 is 19.2 Å². The minimum atomic E-state index is -1.08. The minimum Gasteiger partial charge on any atom is -0.497 e. The third-order valence-electron chi connectivity index (χ3n) is 2.87. The summed E-state index contributed by atoms with van der Waals surface area (Å²) in [6, 6.07) is 3.48. The summed E-state index contributed by atoms with van der Waals surface area (Å²) in [6.07, 6.45) is -0.750. The van der Waals surface area contributed by atoms with Crippen molar-refractivity contribution in [3.63, 3.8) is 0 Å². The highest BCUT2D eigenvalue weighted by molar-refractivity contribution is 6.62. The van der Waals surface area contributed by atoms with E-state index in [1.54, 1.807) is 12.1 Å². The Balaban J connectivity index is 2.43. The van der Waals surface area contributed by atoms with Gasteiger partial charge in [-0.25, -0.2) is 0 Å². The Hall–Kier alpha value is -1.53. The molecule has 0 fully saturated rings. The monoisotopic (exact) mass is 236 g/mol. The van der Waals surface area contributed by atoms with Gasteiger partial charge in [-0.2, -0.15) is 0 Å². The van der Waals surface area contributed by atoms with E-state index in [1.165, 1.54) is 7.11 Å². The maximum atomic E-state index is 10.7. The molecule has 1 aromatic carbocycles. The zero-order chi connectivity index (χ0) is 12.6. The van der Waals surface area contributed by atoms with Gasteiger partial charge >= 0.3 is 13.1 Å². The maximum Gasteiger partial charge on any atom is 0.492 e. The molecule has 1 aliphatic heterocycles. The number of hydrogen-bond donors (Lipinski definition) is 2. The van der Waals surface area contributed by atoms with E-state index in [0.717, 1.165) is 11.1 Å². The number of benzene rings is 1. The standard InChI is InChI=1S/C11H13BO5/c1-6-3-7(16-2)4-8-11(6)9(5-10(13)14)17-12(8)15/h3-4,9,15H,5H2,1-2H3,(H,13,14)/t9-/m1/s1. The van der Waals surface area contributed by atoms with E-state index in [4.69, 9.17) is 14.5 Å². The summed E-state index contributed by atoms with van der Waals surface area (Å²) >= 11 is 0. The summed E-state index contributed by atoms with van der Waals surface area (Å²) < 4.78 is 10.3. The van der Waals surface area contributed by atoms with Crippen LogP contribution in [0, 0.1) is 6.92 Å². The molecule has 0 unspecified atom stereocenters. The Kier molecular flexibility index (Phi) is 3.08. The molecular formula is C11H13BO5. The van der Waals surface area contributed by atoms with E-state index in [0.29, 0.717) is 11.2 Å². The van der Waals surface area contributed by atoms with Crippen LogP contribution in [-0.4, -0.2) is 30.3 Å². The molecule has 90 valence electrons. The van der Waals surface area contributed by atoms with Crippen molar-refractivity contribution in [2.45, 2.75) is 19.4 Å². The van der Waals surface area contributed by atoms with Crippen LogP contribution in [0.1, 0.15) is 23.7 Å². The summed E-state index contributed by atoms with van der Waals surface area (Å²) in [7, 11) is 0.459. The molecule has 0 saturated heterocycles. The number of rotatable bonds is 3. The van der Waals surface area contributed by atoms with Crippen LogP contribution in [-0.2, 0) is 9.45 Å². The molecule has 0 radical (unpaired) electrons. The first-order valence-electron chi connectivity index (χ1n) is 5.26. The summed E-state index contributed by atoms with van der Waals surface area (Å²) in [6.45, 7) is 1.84. The van der Waals surface area contributed by atoms with Gasteiger partial charge in [0.1, 0.15) is 5.75 Å². The number of ether oxygens (including phenoxy) is 1. The van der Waals surface area contributed by atoms with Crippen molar-refractivity contribution >= 4 is 18.6 Å². The number of carboxylic acid groups (broad SMARTS) is 1. The lowest BCUT2D eigenvalue weighted by atomic mass is 9.77. The van der Waals surface area contributed by atoms with E-state index >= 15 is 0 Å². The van der Waals surface area contributed by atoms with Crippen LogP contribution in [0.25, 0.3) is 0 Å². The molecule has 1 aromatic rings. The van der Waals surface area contributed by atoms with Gasteiger partial charge in [-0.1, -0.05) is 0 Å². The lowest BCUT2D eigenvalue weighted by molar-refractivity contribution is -0.138. The number of carbonyl (C=O) groups is 1. The van der Waals surface area contributed by atoms with Crippen molar-refractivity contribution in [1.29, 1.82) is 0 Å². The quantitative estimate of drug-likeness (QED) is 0.735. The zero-order valence-corrected chi connectivity index (χ0v) is 9.64. The van der Waals surface area contributed by atoms with E-state index in [2.05, 4.69) is 0 Å². The lowest BCUT2D eigenvalue weighted by Gasteiger charge is -2.12. The Bertz CT molecular complexity index is 459. The van der Waals surface area contributed by atoms with E-state index in [-0.39, 0.29) is 6.42 Å². The SMILES string of the molecule is COc1cc(C)c2c(c1)B(O)O[C@@H]2CC(=O)O. The van der Waals surface area contributed by atoms with E-state index in [1.807, 2.05) is 6.92 Å². The summed E-state index contributed by atoms with van der Waals surface area (Å²) in [5, 5.41) is 18.5. The Morgan fingerprint density at radius 3 is 2.88 bits per heavy atom. The first-order chi connectivity index (χ1) is 8.02. The van der Waals surface area contributed by atoms with Crippen molar-refractivity contribution in [3.8, 4) is 5.75 Å². The molecule has 0 aromatic heterocycles. The summed E-state index contributed by atoms with van der Waals surface area (Å²) in [4.78, 5) is 10.7. The molecule has 0 spiro atoms. The molecule has 0 amide bonds. The lowest BCUT2D eigenvalue weighted by Crippen LogP contribution is -2.28. The molecule has 17 heavy (non-hydrogen) atoms. The maximum absolute atomic E-state index is 10.7. The van der Waals surface area contributed by atoms with Crippen molar-refractivity contribution in [1.82, 2.24) is 0 Å². The zero-order valence-electron chi connectivity index (χ0n) is 9.64. The smallest absolute Gasteiger partial charge is 0.492 e. The molecule has 0 aliphatic carbocycles. The fourth-order valence-electron chi connectivity index (χ4n) is 2.16. The van der Waals surface area contributed by atoms with Gasteiger partial charge < -0.3 is 19.5 Å². The van der Waals surface area contributed by atoms with E-state index in [9.17, 15) is 9.82 Å². The Morgan fingerprint density at radius 1 is 1.59 bits per heavy atom. The van der Waals surface area contributed by atoms with Crippen LogP contribution in [0.4, 0.5) is 0 Å². The second kappa shape index (κ2) is 4.39. The predicted molar refractivity (Wildman–Crippen MR) is 61.4 cm³/mol. The first kappa shape index (κ1) is 11.9. The molecule has 6 heteroatoms. The van der Waals surface area contributed by atoms with Gasteiger partial charge in [-0.15, -0.1) is 0 Å². The van der Waals surface area contributed by atoms with Crippen molar-refractivity contribution in [3.05, 3.63) is 23.3 Å². The number of fused-ring (bicyclic) bond motifs is 1. The number of aliphatic carboxylic acids is 1. The molecule has 1 atom stereocenters. The number of carboxylic acids is 1. The molecule has 5 nitrogen and oxygen atoms in total. The fraction of sp³-hybridized carbons (Fsp3) is 0.364. The molecule has 2 N–H and O–H groups in total. The van der Waals surface area contributed by atoms with Crippen LogP contribution in [0.3, 0.4) is 0 Å². The molecule has 2 rings (SSSR count). The highest BCUT2D eigenvalue weighted by Crippen LogP contribution is 2.31. The Labute approximate surface area is 99.1 Å². The molecule has 1 heterocycles. The average Bonchev–Trinajstić information content (AvgIpc) is 2.55. The summed E-state index contributed by atoms with van der Waals surface area (Å²) in [5.74, 6) is -0.329. The number of methoxy groups -OCH3 is 1. The molecule has 0 saturated carbocycles. The predicted octanol–water partition coefficient (Wildman–Crippen LogP) is 0.237. The first-order valence-corrected chi connectivity index (χ1v) is 5.26. The summed E-state index contributed by atoms with van der Waals surface area (Å²) in [5.41, 5.74) is 2.20. The van der Waals surface area contributed by atoms with Gasteiger partial charge in [-0.3, -0.25) is 4.79 Å². The van der Waals surface area contributed by atoms with Crippen molar-refractivity contribution in [2.24, 2.45) is 0 Å². The second-order valence-corrected chi connectivity index (χ2v) is 4.02. The third-order valence-corrected chi connectivity index (χ3v) is 2.87. The molecular weight excluding hydrogens is 223 g/mol. The van der Waals surface area contributed by atoms with Gasteiger partial charge in [0.25, 0.3) is 0 Å². The largest absolute Gasteiger partial charge is 0.497 e. The number of aryl methyl sites for hydroxylation is 1. The normalized spacial score (nSPS) is 18.1. The van der Waals surface area contributed by atoms with Crippen LogP contribution in [0.5, 0.6) is 5.75 Å². The average molecular weight is 236 g/mol. The van der Waals surface area contributed by atoms with Crippen LogP contribution < -0.4 is 10.2 Å². The van der Waals surface area contributed by atoms with Crippen molar-refractivity contribution < 1.29 is 24.3 Å². The number of hydrogen-bond acceptors (Lipinski definition) is 4. The second-order valence-electron chi connectivity index (χ2n) is 4.02. The highest BCUT2D eigenvalue weighted by Gasteiger charge is 2.37. The van der Waals surface area contributed by atoms with Gasteiger partial charge in [0.05, 0.1) is 19.6 Å². The highest BCUT2D eigenvalue weighted by atomic mass is 16.5. The Morgan fingerprint density at radius 2 is 2.29 bits per heavy atom. The topological polar surface area (TPSA) is 76.0 Å². The van der Waals surface area contributed by atoms with Crippen molar-refractivity contribution in [2.75, 3.05) is 7.11 Å². The van der Waals surface area contributed by atoms with Gasteiger partial charge in [0, 0.05) is 0 Å². The van der Waals surface area contributed by atoms with Crippen LogP contribution in [0.15, 0.2) is 12.1 Å². The fourth-order valence-corrected chi connectivity index (χ4v) is 2.16. The molecule has 0 bridgehead atoms. The third kappa shape index (κ3) is 2.14. The van der Waals surface area contributed by atoms with Gasteiger partial charge in [-0.05, 0) is 35.6 Å². The van der Waals surface area contributed by atoms with Gasteiger partial charge in [0.15, 0.2) is 0 Å². The molecule has 1 aliphatic rings. The van der Waals surface area contributed by atoms with Crippen LogP contribution >= 0.6 is 0 Å². The van der Waals surface area contributed by atoms with Gasteiger partial charge in [0.2, 0.25) is 0 Å². The minimum absolute atomic E-state index is 0.156. The van der Waals surface area contributed by atoms with Crippen LogP contribution in [0.2, 0.25) is 0 Å².